The number of halogens is 1. The summed E-state index contributed by atoms with van der Waals surface area (Å²) in [6.45, 7) is 0.0392. The molecule has 0 spiro atoms. The molecule has 2 aromatic rings. The van der Waals surface area contributed by atoms with Crippen LogP contribution >= 0.6 is 11.8 Å². The Bertz CT molecular complexity index is 540. The molecule has 0 aliphatic carbocycles. The summed E-state index contributed by atoms with van der Waals surface area (Å²) in [6.07, 6.45) is 0.784. The zero-order valence-electron chi connectivity index (χ0n) is 12.1. The van der Waals surface area contributed by atoms with E-state index < -0.39 is 5.54 Å². The fourth-order valence-corrected chi connectivity index (χ4v) is 3.31. The second-order valence-electron chi connectivity index (χ2n) is 4.91. The van der Waals surface area contributed by atoms with Crippen molar-refractivity contribution in [2.75, 3.05) is 19.4 Å². The Kier molecular flexibility index (Phi) is 5.79. The Morgan fingerprint density at radius 2 is 1.76 bits per heavy atom. The minimum absolute atomic E-state index is 0.0392. The molecule has 2 aromatic carbocycles. The van der Waals surface area contributed by atoms with Crippen molar-refractivity contribution in [2.45, 2.75) is 16.9 Å². The number of benzene rings is 2. The van der Waals surface area contributed by atoms with Crippen LogP contribution in [0.1, 0.15) is 12.0 Å². The van der Waals surface area contributed by atoms with E-state index in [1.54, 1.807) is 23.9 Å². The Morgan fingerprint density at radius 3 is 2.33 bits per heavy atom. The second kappa shape index (κ2) is 7.59. The summed E-state index contributed by atoms with van der Waals surface area (Å²) in [4.78, 5) is 1.03. The third kappa shape index (κ3) is 4.06. The van der Waals surface area contributed by atoms with E-state index in [1.807, 2.05) is 37.4 Å². The smallest absolute Gasteiger partial charge is 0.123 e. The van der Waals surface area contributed by atoms with Gasteiger partial charge in [0.1, 0.15) is 5.82 Å². The maximum Gasteiger partial charge on any atom is 0.123 e. The molecule has 2 rings (SSSR count). The molecule has 0 bridgehead atoms. The largest absolute Gasteiger partial charge is 0.394 e. The summed E-state index contributed by atoms with van der Waals surface area (Å²) in [5, 5.41) is 13.1. The van der Waals surface area contributed by atoms with E-state index in [0.29, 0.717) is 0 Å². The third-order valence-electron chi connectivity index (χ3n) is 3.69. The van der Waals surface area contributed by atoms with E-state index in [0.717, 1.165) is 22.6 Å². The zero-order valence-corrected chi connectivity index (χ0v) is 12.9. The molecular weight excluding hydrogens is 285 g/mol. The highest BCUT2D eigenvalue weighted by atomic mass is 32.2. The number of aliphatic hydroxyl groups excluding tert-OH is 1. The molecule has 112 valence electrons. The summed E-state index contributed by atoms with van der Waals surface area (Å²) in [6, 6.07) is 16.5. The van der Waals surface area contributed by atoms with Gasteiger partial charge in [0.15, 0.2) is 0 Å². The van der Waals surface area contributed by atoms with E-state index in [1.165, 1.54) is 12.1 Å². The van der Waals surface area contributed by atoms with Gasteiger partial charge in [0.05, 0.1) is 12.1 Å². The van der Waals surface area contributed by atoms with Crippen molar-refractivity contribution in [1.82, 2.24) is 5.32 Å². The second-order valence-corrected chi connectivity index (χ2v) is 6.08. The standard InChI is InChI=1S/C17H20FNOS/c1-19-17(13-20,14-5-3-2-4-6-14)11-12-21-16-9-7-15(18)8-10-16/h2-10,19-20H,11-13H2,1H3. The first-order valence-electron chi connectivity index (χ1n) is 6.94. The lowest BCUT2D eigenvalue weighted by molar-refractivity contribution is 0.165. The molecule has 1 unspecified atom stereocenters. The molecule has 4 heteroatoms. The van der Waals surface area contributed by atoms with Crippen LogP contribution in [0, 0.1) is 5.82 Å². The molecule has 0 amide bonds. The summed E-state index contributed by atoms with van der Waals surface area (Å²) in [7, 11) is 1.87. The number of hydrogen-bond acceptors (Lipinski definition) is 3. The normalized spacial score (nSPS) is 13.9. The monoisotopic (exact) mass is 305 g/mol. The number of likely N-dealkylation sites (N-methyl/N-ethyl adjacent to an activating group) is 1. The number of aliphatic hydroxyl groups is 1. The van der Waals surface area contributed by atoms with Crippen molar-refractivity contribution in [1.29, 1.82) is 0 Å². The lowest BCUT2D eigenvalue weighted by Crippen LogP contribution is -2.44. The Hall–Kier alpha value is -1.36. The fraction of sp³-hybridized carbons (Fsp3) is 0.294. The molecule has 2 N–H and O–H groups in total. The highest BCUT2D eigenvalue weighted by molar-refractivity contribution is 7.99. The topological polar surface area (TPSA) is 32.3 Å². The predicted octanol–water partition coefficient (Wildman–Crippen LogP) is 3.42. The first kappa shape index (κ1) is 16.0. The van der Waals surface area contributed by atoms with Crippen LogP contribution in [0.25, 0.3) is 0 Å². The van der Waals surface area contributed by atoms with Crippen molar-refractivity contribution in [3.8, 4) is 0 Å². The molecule has 0 radical (unpaired) electrons. The van der Waals surface area contributed by atoms with E-state index in [9.17, 15) is 9.50 Å². The summed E-state index contributed by atoms with van der Waals surface area (Å²) in [5.41, 5.74) is 0.642. The summed E-state index contributed by atoms with van der Waals surface area (Å²) < 4.78 is 12.9. The van der Waals surface area contributed by atoms with Crippen LogP contribution in [0.15, 0.2) is 59.5 Å². The molecule has 0 heterocycles. The van der Waals surface area contributed by atoms with Crippen LogP contribution in [0.5, 0.6) is 0 Å². The molecule has 0 saturated carbocycles. The van der Waals surface area contributed by atoms with Gasteiger partial charge in [-0.25, -0.2) is 4.39 Å². The molecule has 21 heavy (non-hydrogen) atoms. The van der Waals surface area contributed by atoms with Crippen LogP contribution in [0.3, 0.4) is 0 Å². The fourth-order valence-electron chi connectivity index (χ4n) is 2.29. The van der Waals surface area contributed by atoms with Gasteiger partial charge in [-0.05, 0) is 43.3 Å². The van der Waals surface area contributed by atoms with Crippen molar-refractivity contribution < 1.29 is 9.50 Å². The molecule has 0 saturated heterocycles. The quantitative estimate of drug-likeness (QED) is 0.769. The third-order valence-corrected chi connectivity index (χ3v) is 4.70. The number of nitrogens with one attached hydrogen (secondary N) is 1. The molecule has 0 aromatic heterocycles. The minimum atomic E-state index is -0.436. The molecule has 0 fully saturated rings. The number of thioether (sulfide) groups is 1. The van der Waals surface area contributed by atoms with Gasteiger partial charge in [-0.2, -0.15) is 0 Å². The van der Waals surface area contributed by atoms with Gasteiger partial charge in [-0.3, -0.25) is 0 Å². The average Bonchev–Trinajstić information content (AvgIpc) is 2.55. The number of rotatable bonds is 7. The van der Waals surface area contributed by atoms with Crippen molar-refractivity contribution >= 4 is 11.8 Å². The van der Waals surface area contributed by atoms with Gasteiger partial charge in [0.25, 0.3) is 0 Å². The summed E-state index contributed by atoms with van der Waals surface area (Å²) in [5.74, 6) is 0.616. The van der Waals surface area contributed by atoms with Crippen molar-refractivity contribution in [3.63, 3.8) is 0 Å². The van der Waals surface area contributed by atoms with Crippen molar-refractivity contribution in [2.24, 2.45) is 0 Å². The van der Waals surface area contributed by atoms with Gasteiger partial charge >= 0.3 is 0 Å². The first-order chi connectivity index (χ1) is 10.2. The maximum absolute atomic E-state index is 12.9. The Labute approximate surface area is 129 Å². The van der Waals surface area contributed by atoms with Crippen LogP contribution in [-0.4, -0.2) is 24.5 Å². The highest BCUT2D eigenvalue weighted by Crippen LogP contribution is 2.28. The molecule has 2 nitrogen and oxygen atoms in total. The van der Waals surface area contributed by atoms with Gasteiger partial charge in [-0.15, -0.1) is 11.8 Å². The van der Waals surface area contributed by atoms with Gasteiger partial charge in [0, 0.05) is 10.6 Å². The highest BCUT2D eigenvalue weighted by Gasteiger charge is 2.28. The van der Waals surface area contributed by atoms with Crippen molar-refractivity contribution in [3.05, 3.63) is 66.0 Å². The molecule has 0 aliphatic rings. The van der Waals surface area contributed by atoms with E-state index in [-0.39, 0.29) is 12.4 Å². The van der Waals surface area contributed by atoms with E-state index >= 15 is 0 Å². The van der Waals surface area contributed by atoms with E-state index in [2.05, 4.69) is 5.32 Å². The maximum atomic E-state index is 12.9. The molecular formula is C17H20FNOS. The van der Waals surface area contributed by atoms with E-state index in [4.69, 9.17) is 0 Å². The predicted molar refractivity (Wildman–Crippen MR) is 86.0 cm³/mol. The zero-order chi connectivity index (χ0) is 15.1. The Morgan fingerprint density at radius 1 is 1.10 bits per heavy atom. The minimum Gasteiger partial charge on any atom is -0.394 e. The van der Waals surface area contributed by atoms with Gasteiger partial charge in [-0.1, -0.05) is 30.3 Å². The van der Waals surface area contributed by atoms with Crippen LogP contribution in [-0.2, 0) is 5.54 Å². The Balaban J connectivity index is 2.02. The van der Waals surface area contributed by atoms with Crippen LogP contribution in [0.4, 0.5) is 4.39 Å². The summed E-state index contributed by atoms with van der Waals surface area (Å²) >= 11 is 1.66. The van der Waals surface area contributed by atoms with Crippen LogP contribution < -0.4 is 5.32 Å². The lowest BCUT2D eigenvalue weighted by atomic mass is 9.88. The van der Waals surface area contributed by atoms with Crippen LogP contribution in [0.2, 0.25) is 0 Å². The molecule has 1 atom stereocenters. The molecule has 0 aliphatic heterocycles. The van der Waals surface area contributed by atoms with Gasteiger partial charge in [0.2, 0.25) is 0 Å². The first-order valence-corrected chi connectivity index (χ1v) is 7.92. The average molecular weight is 305 g/mol. The SMILES string of the molecule is CNC(CO)(CCSc1ccc(F)cc1)c1ccccc1. The number of hydrogen-bond donors (Lipinski definition) is 2. The lowest BCUT2D eigenvalue weighted by Gasteiger charge is -2.32. The van der Waals surface area contributed by atoms with Gasteiger partial charge < -0.3 is 10.4 Å².